The first kappa shape index (κ1) is 12.8. The van der Waals surface area contributed by atoms with Crippen molar-refractivity contribution in [3.8, 4) is 0 Å². The van der Waals surface area contributed by atoms with Crippen molar-refractivity contribution in [3.05, 3.63) is 71.1 Å². The van der Waals surface area contributed by atoms with E-state index in [2.05, 4.69) is 0 Å². The number of hydrogen-bond acceptors (Lipinski definition) is 6. The SMILES string of the molecule is [2H]C1=C([2H])C([2H])C(C2=C(N)OC(c3ccc(C(F)(F)F)cc3)C2=O)(C([2H])([2H])S(=O)(=O)[O-])C([2H])=C1[2H]. The Kier molecular flexibility index (Phi) is 3.10. The Labute approximate surface area is 168 Å². The molecule has 1 aliphatic carbocycles. The molecular formula is C18H15F3NO5S-. The number of rotatable bonds is 4. The number of nitrogens with two attached hydrogens (primary N) is 1. The highest BCUT2D eigenvalue weighted by atomic mass is 32.2. The van der Waals surface area contributed by atoms with Gasteiger partial charge in [0.05, 0.1) is 32.4 Å². The van der Waals surface area contributed by atoms with Crippen molar-refractivity contribution in [2.45, 2.75) is 18.7 Å². The van der Waals surface area contributed by atoms with Gasteiger partial charge in [0.25, 0.3) is 0 Å². The number of alkyl halides is 3. The van der Waals surface area contributed by atoms with Crippen LogP contribution in [0.25, 0.3) is 0 Å². The van der Waals surface area contributed by atoms with E-state index in [-0.39, 0.29) is 5.56 Å². The number of carbonyl (C=O) groups is 1. The van der Waals surface area contributed by atoms with Crippen LogP contribution in [0.2, 0.25) is 0 Å². The van der Waals surface area contributed by atoms with Gasteiger partial charge in [-0.05, 0) is 18.5 Å². The lowest BCUT2D eigenvalue weighted by molar-refractivity contribution is -0.137. The summed E-state index contributed by atoms with van der Waals surface area (Å²) in [5, 5.41) is 0. The van der Waals surface area contributed by atoms with E-state index in [4.69, 9.17) is 20.1 Å². The lowest BCUT2D eigenvalue weighted by Crippen LogP contribution is -2.35. The van der Waals surface area contributed by atoms with Crippen molar-refractivity contribution in [1.82, 2.24) is 0 Å². The third-order valence-corrected chi connectivity index (χ3v) is 4.45. The summed E-state index contributed by atoms with van der Waals surface area (Å²) in [7, 11) is -6.14. The molecule has 6 nitrogen and oxygen atoms in total. The van der Waals surface area contributed by atoms with Gasteiger partial charge in [-0.2, -0.15) is 13.2 Å². The molecule has 1 heterocycles. The fraction of sp³-hybridized carbons (Fsp3) is 0.278. The number of allylic oxidation sites excluding steroid dienone is 4. The van der Waals surface area contributed by atoms with E-state index in [9.17, 15) is 30.9 Å². The standard InChI is InChI=1S/C18H16F3NO5S/c19-18(20,21)12-6-4-11(5-7-12)15-14(23)13(16(22)27-15)17(10-28(24,25)26)8-2-1-3-9-17/h1-8,15H,9-10,22H2,(H,24,25,26)/p-1/i1D,2D,3D,8D,9D,10D2. The molecule has 0 fully saturated rings. The number of Topliss-reactive ketones (excluding diaryl/α,β-unsaturated/α-hetero) is 1. The van der Waals surface area contributed by atoms with Gasteiger partial charge in [0.2, 0.25) is 5.78 Å². The Morgan fingerprint density at radius 1 is 1.36 bits per heavy atom. The highest BCUT2D eigenvalue weighted by Gasteiger charge is 2.47. The number of carbonyl (C=O) groups excluding carboxylic acids is 1. The normalized spacial score (nSPS) is 33.4. The topological polar surface area (TPSA) is 110 Å². The second kappa shape index (κ2) is 6.78. The van der Waals surface area contributed by atoms with Crippen LogP contribution in [0.3, 0.4) is 0 Å². The van der Waals surface area contributed by atoms with Crippen molar-refractivity contribution in [2.75, 3.05) is 5.70 Å². The van der Waals surface area contributed by atoms with E-state index in [1.54, 1.807) is 0 Å². The Bertz CT molecular complexity index is 1310. The molecule has 10 heteroatoms. The number of ether oxygens (including phenoxy) is 1. The first-order valence-electron chi connectivity index (χ1n) is 11.0. The zero-order valence-corrected chi connectivity index (χ0v) is 14.4. The second-order valence-electron chi connectivity index (χ2n) is 5.75. The van der Waals surface area contributed by atoms with E-state index >= 15 is 0 Å². The van der Waals surface area contributed by atoms with Gasteiger partial charge in [-0.3, -0.25) is 4.79 Å². The lowest BCUT2D eigenvalue weighted by Gasteiger charge is -2.32. The van der Waals surface area contributed by atoms with E-state index in [1.807, 2.05) is 0 Å². The number of benzene rings is 1. The molecule has 1 aromatic rings. The summed E-state index contributed by atoms with van der Waals surface area (Å²) in [5.74, 6) is -2.45. The van der Waals surface area contributed by atoms with E-state index in [0.29, 0.717) is 12.1 Å². The second-order valence-corrected chi connectivity index (χ2v) is 6.86. The molecule has 3 unspecified atom stereocenters. The minimum absolute atomic E-state index is 0.247. The molecule has 1 aromatic carbocycles. The van der Waals surface area contributed by atoms with Crippen LogP contribution in [0.5, 0.6) is 0 Å². The van der Waals surface area contributed by atoms with Crippen molar-refractivity contribution in [1.29, 1.82) is 0 Å². The predicted octanol–water partition coefficient (Wildman–Crippen LogP) is 2.56. The first-order chi connectivity index (χ1) is 15.8. The van der Waals surface area contributed by atoms with Crippen molar-refractivity contribution >= 4 is 15.9 Å². The minimum atomic E-state index is -6.14. The van der Waals surface area contributed by atoms with Crippen LogP contribution in [0.4, 0.5) is 13.2 Å². The average Bonchev–Trinajstić information content (AvgIpc) is 3.04. The van der Waals surface area contributed by atoms with Crippen LogP contribution in [0, 0.1) is 5.41 Å². The number of halogens is 3. The van der Waals surface area contributed by atoms with E-state index < -0.39 is 86.9 Å². The van der Waals surface area contributed by atoms with Gasteiger partial charge >= 0.3 is 6.18 Å². The maximum atomic E-state index is 13.3. The molecule has 0 spiro atoms. The van der Waals surface area contributed by atoms with Gasteiger partial charge in [-0.15, -0.1) is 0 Å². The fourth-order valence-corrected chi connectivity index (χ4v) is 3.34. The fourth-order valence-electron chi connectivity index (χ4n) is 2.73. The van der Waals surface area contributed by atoms with Gasteiger partial charge in [0.15, 0.2) is 12.0 Å². The zero-order chi connectivity index (χ0) is 26.9. The van der Waals surface area contributed by atoms with Gasteiger partial charge in [0, 0.05) is 15.1 Å². The molecule has 3 rings (SSSR count). The lowest BCUT2D eigenvalue weighted by atomic mass is 9.74. The van der Waals surface area contributed by atoms with Crippen LogP contribution >= 0.6 is 0 Å². The molecule has 0 aromatic heterocycles. The summed E-state index contributed by atoms with van der Waals surface area (Å²) in [4.78, 5) is 13.3. The van der Waals surface area contributed by atoms with Crippen LogP contribution in [-0.4, -0.2) is 24.5 Å². The van der Waals surface area contributed by atoms with Gasteiger partial charge in [-0.25, -0.2) is 8.42 Å². The molecule has 2 aliphatic rings. The third-order valence-electron chi connectivity index (χ3n) is 3.88. The minimum Gasteiger partial charge on any atom is -0.748 e. The molecule has 0 radical (unpaired) electrons. The Balaban J connectivity index is 2.27. The van der Waals surface area contributed by atoms with Crippen LogP contribution in [0.1, 0.15) is 33.2 Å². The summed E-state index contributed by atoms with van der Waals surface area (Å²) in [5.41, 5.74) is -4.55. The van der Waals surface area contributed by atoms with Crippen molar-refractivity contribution < 1.29 is 45.3 Å². The molecule has 150 valence electrons. The Morgan fingerprint density at radius 3 is 2.57 bits per heavy atom. The molecule has 0 amide bonds. The molecule has 2 N–H and O–H groups in total. The van der Waals surface area contributed by atoms with E-state index in [1.165, 1.54) is 0 Å². The van der Waals surface area contributed by atoms with Crippen LogP contribution < -0.4 is 5.73 Å². The maximum Gasteiger partial charge on any atom is 0.416 e. The summed E-state index contributed by atoms with van der Waals surface area (Å²) < 4.78 is 136. The van der Waals surface area contributed by atoms with Gasteiger partial charge in [0.1, 0.15) is 0 Å². The predicted molar refractivity (Wildman–Crippen MR) is 91.4 cm³/mol. The molecule has 3 atom stereocenters. The Morgan fingerprint density at radius 2 is 2.00 bits per heavy atom. The van der Waals surface area contributed by atoms with Crippen LogP contribution in [0.15, 0.2) is 59.9 Å². The molecular weight excluding hydrogens is 399 g/mol. The monoisotopic (exact) mass is 421 g/mol. The molecule has 28 heavy (non-hydrogen) atoms. The summed E-state index contributed by atoms with van der Waals surface area (Å²) in [6.45, 7) is 0. The average molecular weight is 421 g/mol. The highest BCUT2D eigenvalue weighted by molar-refractivity contribution is 7.85. The van der Waals surface area contributed by atoms with Crippen molar-refractivity contribution in [2.24, 2.45) is 11.1 Å². The first-order valence-corrected chi connectivity index (χ1v) is 8.84. The summed E-state index contributed by atoms with van der Waals surface area (Å²) >= 11 is 0. The van der Waals surface area contributed by atoms with Crippen LogP contribution in [-0.2, 0) is 25.8 Å². The maximum absolute atomic E-state index is 13.3. The summed E-state index contributed by atoms with van der Waals surface area (Å²) in [6.07, 6.45) is -9.17. The molecule has 0 saturated heterocycles. The van der Waals surface area contributed by atoms with Gasteiger partial charge < -0.3 is 15.0 Å². The molecule has 0 saturated carbocycles. The largest absolute Gasteiger partial charge is 0.748 e. The highest BCUT2D eigenvalue weighted by Crippen LogP contribution is 2.45. The molecule has 0 bridgehead atoms. The quantitative estimate of drug-likeness (QED) is 0.749. The third kappa shape index (κ3) is 3.83. The zero-order valence-electron chi connectivity index (χ0n) is 20.6. The smallest absolute Gasteiger partial charge is 0.416 e. The van der Waals surface area contributed by atoms with Crippen molar-refractivity contribution in [3.63, 3.8) is 0 Å². The summed E-state index contributed by atoms with van der Waals surface area (Å²) in [6, 6.07) is -2.06. The van der Waals surface area contributed by atoms with Gasteiger partial charge in [-0.1, -0.05) is 36.3 Å². The van der Waals surface area contributed by atoms with E-state index in [0.717, 1.165) is 12.1 Å². The number of ketones is 1. The number of hydrogen-bond donors (Lipinski definition) is 1. The molecule has 1 aliphatic heterocycles. The Hall–Kier alpha value is -2.59.